The first-order chi connectivity index (χ1) is 9.15. The number of sulfonamides is 1. The van der Waals surface area contributed by atoms with Crippen LogP contribution >= 0.6 is 0 Å². The Morgan fingerprint density at radius 1 is 1.05 bits per heavy atom. The van der Waals surface area contributed by atoms with Gasteiger partial charge in [-0.3, -0.25) is 4.90 Å². The Labute approximate surface area is 116 Å². The molecule has 3 aliphatic heterocycles. The summed E-state index contributed by atoms with van der Waals surface area (Å²) in [4.78, 5) is 2.45. The topological polar surface area (TPSA) is 52.7 Å². The molecule has 3 aliphatic rings. The molecule has 0 bridgehead atoms. The second-order valence-corrected chi connectivity index (χ2v) is 8.18. The Morgan fingerprint density at radius 2 is 1.84 bits per heavy atom. The second-order valence-electron chi connectivity index (χ2n) is 6.16. The van der Waals surface area contributed by atoms with Crippen molar-refractivity contribution in [1.29, 1.82) is 0 Å². The van der Waals surface area contributed by atoms with Gasteiger partial charge in [-0.1, -0.05) is 0 Å². The van der Waals surface area contributed by atoms with Crippen LogP contribution < -0.4 is 5.32 Å². The van der Waals surface area contributed by atoms with Gasteiger partial charge in [-0.2, -0.15) is 4.31 Å². The summed E-state index contributed by atoms with van der Waals surface area (Å²) in [6, 6.07) is 0.483. The monoisotopic (exact) mass is 287 g/mol. The second kappa shape index (κ2) is 5.68. The molecule has 0 aromatic heterocycles. The van der Waals surface area contributed by atoms with Gasteiger partial charge in [-0.25, -0.2) is 8.42 Å². The Hall–Kier alpha value is -0.170. The van der Waals surface area contributed by atoms with Crippen LogP contribution in [0.5, 0.6) is 0 Å². The molecule has 1 atom stereocenters. The van der Waals surface area contributed by atoms with Gasteiger partial charge >= 0.3 is 0 Å². The van der Waals surface area contributed by atoms with Crippen LogP contribution in [-0.4, -0.2) is 68.7 Å². The standard InChI is InChI=1S/C13H25N3O2S/c17-19(18,11-12-3-5-14-6-4-12)16-9-8-15-7-1-2-13(15)10-16/h12-14H,1-11H2. The highest BCUT2D eigenvalue weighted by atomic mass is 32.2. The third-order valence-electron chi connectivity index (χ3n) is 4.85. The maximum absolute atomic E-state index is 12.5. The molecular weight excluding hydrogens is 262 g/mol. The van der Waals surface area contributed by atoms with Gasteiger partial charge in [-0.15, -0.1) is 0 Å². The molecule has 3 saturated heterocycles. The zero-order valence-electron chi connectivity index (χ0n) is 11.6. The molecule has 0 aliphatic carbocycles. The van der Waals surface area contributed by atoms with Crippen LogP contribution in [0.1, 0.15) is 25.7 Å². The summed E-state index contributed by atoms with van der Waals surface area (Å²) in [6.45, 7) is 5.45. The van der Waals surface area contributed by atoms with Crippen molar-refractivity contribution in [3.05, 3.63) is 0 Å². The van der Waals surface area contributed by atoms with E-state index in [0.717, 1.165) is 45.6 Å². The summed E-state index contributed by atoms with van der Waals surface area (Å²) in [5.74, 6) is 0.717. The van der Waals surface area contributed by atoms with E-state index in [-0.39, 0.29) is 0 Å². The van der Waals surface area contributed by atoms with Gasteiger partial charge in [0.05, 0.1) is 5.75 Å². The predicted octanol–water partition coefficient (Wildman–Crippen LogP) is 0.0958. The Balaban J connectivity index is 1.60. The van der Waals surface area contributed by atoms with Crippen molar-refractivity contribution in [3.63, 3.8) is 0 Å². The van der Waals surface area contributed by atoms with Crippen molar-refractivity contribution in [1.82, 2.24) is 14.5 Å². The number of nitrogens with one attached hydrogen (secondary N) is 1. The summed E-state index contributed by atoms with van der Waals surface area (Å²) in [7, 11) is -3.04. The van der Waals surface area contributed by atoms with Gasteiger partial charge in [0.15, 0.2) is 0 Å². The highest BCUT2D eigenvalue weighted by molar-refractivity contribution is 7.89. The molecule has 0 radical (unpaired) electrons. The van der Waals surface area contributed by atoms with E-state index in [1.54, 1.807) is 4.31 Å². The van der Waals surface area contributed by atoms with Gasteiger partial charge in [0, 0.05) is 25.7 Å². The average molecular weight is 287 g/mol. The lowest BCUT2D eigenvalue weighted by molar-refractivity contribution is 0.157. The molecule has 1 unspecified atom stereocenters. The van der Waals surface area contributed by atoms with E-state index in [4.69, 9.17) is 0 Å². The Kier molecular flexibility index (Phi) is 4.12. The molecule has 3 rings (SSSR count). The molecule has 3 fully saturated rings. The first-order valence-corrected chi connectivity index (χ1v) is 9.19. The van der Waals surface area contributed by atoms with E-state index in [0.29, 0.717) is 24.3 Å². The van der Waals surface area contributed by atoms with E-state index in [1.165, 1.54) is 12.8 Å². The molecule has 0 spiro atoms. The van der Waals surface area contributed by atoms with Crippen molar-refractivity contribution < 1.29 is 8.42 Å². The molecule has 5 nitrogen and oxygen atoms in total. The van der Waals surface area contributed by atoms with Crippen molar-refractivity contribution in [2.75, 3.05) is 45.0 Å². The highest BCUT2D eigenvalue weighted by Gasteiger charge is 2.36. The fourth-order valence-electron chi connectivity index (χ4n) is 3.67. The summed E-state index contributed by atoms with van der Waals surface area (Å²) in [5, 5.41) is 3.30. The molecular formula is C13H25N3O2S. The number of piperazine rings is 1. The third-order valence-corrected chi connectivity index (χ3v) is 6.86. The SMILES string of the molecule is O=S(=O)(CC1CCNCC1)N1CCN2CCCC2C1. The zero-order chi connectivity index (χ0) is 13.3. The number of hydrogen-bond acceptors (Lipinski definition) is 4. The van der Waals surface area contributed by atoms with Crippen LogP contribution in [-0.2, 0) is 10.0 Å². The lowest BCUT2D eigenvalue weighted by Crippen LogP contribution is -2.53. The highest BCUT2D eigenvalue weighted by Crippen LogP contribution is 2.24. The van der Waals surface area contributed by atoms with Gasteiger partial charge in [-0.05, 0) is 51.2 Å². The fourth-order valence-corrected chi connectivity index (χ4v) is 5.57. The van der Waals surface area contributed by atoms with Gasteiger partial charge < -0.3 is 5.32 Å². The quantitative estimate of drug-likeness (QED) is 0.800. The van der Waals surface area contributed by atoms with Crippen LogP contribution in [0.3, 0.4) is 0 Å². The van der Waals surface area contributed by atoms with E-state index in [1.807, 2.05) is 0 Å². The largest absolute Gasteiger partial charge is 0.317 e. The fraction of sp³-hybridized carbons (Fsp3) is 1.00. The molecule has 19 heavy (non-hydrogen) atoms. The van der Waals surface area contributed by atoms with Crippen molar-refractivity contribution in [2.24, 2.45) is 5.92 Å². The Bertz CT molecular complexity index is 406. The minimum Gasteiger partial charge on any atom is -0.317 e. The van der Waals surface area contributed by atoms with Crippen molar-refractivity contribution in [3.8, 4) is 0 Å². The van der Waals surface area contributed by atoms with Crippen molar-refractivity contribution in [2.45, 2.75) is 31.7 Å². The minimum absolute atomic E-state index is 0.354. The van der Waals surface area contributed by atoms with E-state index in [9.17, 15) is 8.42 Å². The number of rotatable bonds is 3. The first kappa shape index (κ1) is 13.8. The van der Waals surface area contributed by atoms with Gasteiger partial charge in [0.25, 0.3) is 0 Å². The summed E-state index contributed by atoms with van der Waals surface area (Å²) in [6.07, 6.45) is 4.40. The van der Waals surface area contributed by atoms with Crippen LogP contribution in [0.4, 0.5) is 0 Å². The number of piperidine rings is 1. The lowest BCUT2D eigenvalue weighted by Gasteiger charge is -2.37. The molecule has 110 valence electrons. The summed E-state index contributed by atoms with van der Waals surface area (Å²) >= 11 is 0. The molecule has 0 amide bonds. The zero-order valence-corrected chi connectivity index (χ0v) is 12.4. The first-order valence-electron chi connectivity index (χ1n) is 7.58. The van der Waals surface area contributed by atoms with E-state index < -0.39 is 10.0 Å². The average Bonchev–Trinajstić information content (AvgIpc) is 2.86. The van der Waals surface area contributed by atoms with Crippen molar-refractivity contribution >= 4 is 10.0 Å². The Morgan fingerprint density at radius 3 is 2.63 bits per heavy atom. The normalized spacial score (nSPS) is 31.5. The van der Waals surface area contributed by atoms with Crippen LogP contribution in [0.2, 0.25) is 0 Å². The number of nitrogens with zero attached hydrogens (tertiary/aromatic N) is 2. The summed E-state index contributed by atoms with van der Waals surface area (Å²) in [5.41, 5.74) is 0. The number of hydrogen-bond donors (Lipinski definition) is 1. The number of fused-ring (bicyclic) bond motifs is 1. The third kappa shape index (κ3) is 3.12. The molecule has 6 heteroatoms. The maximum Gasteiger partial charge on any atom is 0.214 e. The molecule has 0 aromatic carbocycles. The van der Waals surface area contributed by atoms with Gasteiger partial charge in [0.2, 0.25) is 10.0 Å². The van der Waals surface area contributed by atoms with Crippen LogP contribution in [0.25, 0.3) is 0 Å². The molecule has 3 heterocycles. The summed E-state index contributed by atoms with van der Waals surface area (Å²) < 4.78 is 26.8. The smallest absolute Gasteiger partial charge is 0.214 e. The van der Waals surface area contributed by atoms with Crippen LogP contribution in [0.15, 0.2) is 0 Å². The van der Waals surface area contributed by atoms with E-state index in [2.05, 4.69) is 10.2 Å². The lowest BCUT2D eigenvalue weighted by atomic mass is 10.0. The van der Waals surface area contributed by atoms with Crippen LogP contribution in [0, 0.1) is 5.92 Å². The van der Waals surface area contributed by atoms with Gasteiger partial charge in [0.1, 0.15) is 0 Å². The molecule has 0 saturated carbocycles. The maximum atomic E-state index is 12.5. The minimum atomic E-state index is -3.04. The van der Waals surface area contributed by atoms with E-state index >= 15 is 0 Å². The molecule has 0 aromatic rings. The molecule has 1 N–H and O–H groups in total. The predicted molar refractivity (Wildman–Crippen MR) is 75.5 cm³/mol.